The number of hydrogen-bond acceptors (Lipinski definition) is 6. The Balaban J connectivity index is 1.44. The normalized spacial score (nSPS) is 21.4. The number of primary amides is 1. The van der Waals surface area contributed by atoms with Crippen molar-refractivity contribution in [2.75, 3.05) is 6.54 Å². The molecule has 1 saturated heterocycles. The fourth-order valence-electron chi connectivity index (χ4n) is 4.96. The van der Waals surface area contributed by atoms with Crippen LogP contribution in [0.3, 0.4) is 0 Å². The maximum Gasteiger partial charge on any atom is 0.410 e. The van der Waals surface area contributed by atoms with E-state index in [1.165, 1.54) is 10.7 Å². The van der Waals surface area contributed by atoms with Gasteiger partial charge in [-0.1, -0.05) is 5.16 Å². The molecule has 1 saturated carbocycles. The van der Waals surface area contributed by atoms with Crippen molar-refractivity contribution in [2.24, 2.45) is 11.7 Å². The molecule has 1 aliphatic carbocycles. The summed E-state index contributed by atoms with van der Waals surface area (Å²) in [5.41, 5.74) is 6.83. The van der Waals surface area contributed by atoms with E-state index in [1.54, 1.807) is 12.3 Å². The van der Waals surface area contributed by atoms with E-state index in [9.17, 15) is 31.5 Å². The number of urea groups is 1. The third-order valence-electron chi connectivity index (χ3n) is 6.86. The number of nitrogens with one attached hydrogen (secondary N) is 1. The van der Waals surface area contributed by atoms with Gasteiger partial charge < -0.3 is 20.5 Å². The van der Waals surface area contributed by atoms with Crippen molar-refractivity contribution < 1.29 is 36.1 Å². The number of aromatic nitrogens is 4. The van der Waals surface area contributed by atoms with Gasteiger partial charge in [0, 0.05) is 19.4 Å². The quantitative estimate of drug-likeness (QED) is 0.473. The minimum absolute atomic E-state index is 0.0207. The fourth-order valence-corrected chi connectivity index (χ4v) is 4.96. The minimum atomic E-state index is -4.56. The SMILES string of the molecule is NC(=O)c1conc1[C@H](c1cn2ncc(CN3C[C@@H](C(F)(F)F)NC3=O)cc2n1)C1CCC(F)(F)CC1. The molecule has 0 bridgehead atoms. The highest BCUT2D eigenvalue weighted by atomic mass is 19.4. The average molecular weight is 527 g/mol. The van der Waals surface area contributed by atoms with Gasteiger partial charge in [0.2, 0.25) is 5.92 Å². The van der Waals surface area contributed by atoms with Crippen molar-refractivity contribution >= 4 is 17.6 Å². The zero-order chi connectivity index (χ0) is 26.5. The minimum Gasteiger partial charge on any atom is -0.365 e. The molecule has 3 N–H and O–H groups in total. The molecular weight excluding hydrogens is 505 g/mol. The molecule has 198 valence electrons. The third-order valence-corrected chi connectivity index (χ3v) is 6.86. The summed E-state index contributed by atoms with van der Waals surface area (Å²) < 4.78 is 73.0. The Morgan fingerprint density at radius 2 is 2.03 bits per heavy atom. The van der Waals surface area contributed by atoms with Gasteiger partial charge in [0.1, 0.15) is 23.6 Å². The van der Waals surface area contributed by atoms with Crippen LogP contribution >= 0.6 is 0 Å². The zero-order valence-corrected chi connectivity index (χ0v) is 19.2. The van der Waals surface area contributed by atoms with E-state index in [1.807, 2.05) is 5.32 Å². The van der Waals surface area contributed by atoms with E-state index in [2.05, 4.69) is 15.2 Å². The van der Waals surface area contributed by atoms with Gasteiger partial charge in [-0.05, 0) is 30.4 Å². The predicted molar refractivity (Wildman–Crippen MR) is 116 cm³/mol. The highest BCUT2D eigenvalue weighted by Crippen LogP contribution is 2.45. The second-order valence-corrected chi connectivity index (χ2v) is 9.41. The molecule has 2 fully saturated rings. The van der Waals surface area contributed by atoms with Crippen molar-refractivity contribution in [3.63, 3.8) is 0 Å². The summed E-state index contributed by atoms with van der Waals surface area (Å²) in [6, 6.07) is -1.24. The smallest absolute Gasteiger partial charge is 0.365 e. The van der Waals surface area contributed by atoms with Gasteiger partial charge in [-0.2, -0.15) is 18.3 Å². The molecule has 0 spiro atoms. The summed E-state index contributed by atoms with van der Waals surface area (Å²) >= 11 is 0. The van der Waals surface area contributed by atoms with Crippen LogP contribution in [0.25, 0.3) is 5.65 Å². The van der Waals surface area contributed by atoms with Crippen LogP contribution in [0.15, 0.2) is 29.2 Å². The van der Waals surface area contributed by atoms with Gasteiger partial charge in [-0.15, -0.1) is 0 Å². The Hall–Kier alpha value is -3.78. The van der Waals surface area contributed by atoms with Crippen LogP contribution in [0, 0.1) is 5.92 Å². The summed E-state index contributed by atoms with van der Waals surface area (Å²) in [4.78, 5) is 29.5. The Bertz CT molecular complexity index is 1330. The van der Waals surface area contributed by atoms with Crippen LogP contribution in [-0.2, 0) is 6.54 Å². The van der Waals surface area contributed by atoms with Crippen molar-refractivity contribution in [3.05, 3.63) is 47.2 Å². The van der Waals surface area contributed by atoms with E-state index in [0.717, 1.165) is 11.2 Å². The topological polar surface area (TPSA) is 132 Å². The van der Waals surface area contributed by atoms with E-state index >= 15 is 0 Å². The van der Waals surface area contributed by atoms with Gasteiger partial charge in [-0.3, -0.25) is 4.79 Å². The molecule has 15 heteroatoms. The van der Waals surface area contributed by atoms with Gasteiger partial charge in [0.25, 0.3) is 5.91 Å². The van der Waals surface area contributed by atoms with E-state index in [4.69, 9.17) is 10.3 Å². The number of hydrogen-bond donors (Lipinski definition) is 2. The number of carbonyl (C=O) groups is 2. The number of imidazole rings is 1. The first-order valence-electron chi connectivity index (χ1n) is 11.5. The molecule has 2 atom stereocenters. The average Bonchev–Trinajstić information content (AvgIpc) is 3.54. The largest absolute Gasteiger partial charge is 0.410 e. The van der Waals surface area contributed by atoms with E-state index in [0.29, 0.717) is 16.9 Å². The number of fused-ring (bicyclic) bond motifs is 1. The summed E-state index contributed by atoms with van der Waals surface area (Å²) in [6.07, 6.45) is -0.850. The Labute approximate surface area is 206 Å². The second kappa shape index (κ2) is 8.95. The van der Waals surface area contributed by atoms with E-state index in [-0.39, 0.29) is 49.4 Å². The first-order valence-corrected chi connectivity index (χ1v) is 11.5. The molecule has 3 aromatic heterocycles. The predicted octanol–water partition coefficient (Wildman–Crippen LogP) is 3.23. The van der Waals surface area contributed by atoms with Crippen LogP contribution in [0.5, 0.6) is 0 Å². The summed E-state index contributed by atoms with van der Waals surface area (Å²) in [5, 5.41) is 10.1. The van der Waals surface area contributed by atoms with Crippen molar-refractivity contribution in [2.45, 2.75) is 56.3 Å². The highest BCUT2D eigenvalue weighted by molar-refractivity contribution is 5.93. The maximum atomic E-state index is 13.9. The lowest BCUT2D eigenvalue weighted by Gasteiger charge is -2.32. The number of halogens is 5. The monoisotopic (exact) mass is 527 g/mol. The summed E-state index contributed by atoms with van der Waals surface area (Å²) in [5.74, 6) is -4.58. The van der Waals surface area contributed by atoms with Gasteiger partial charge in [0.15, 0.2) is 5.65 Å². The molecular formula is C22H22F5N7O3. The molecule has 1 aliphatic heterocycles. The Morgan fingerprint density at radius 1 is 1.30 bits per heavy atom. The standard InChI is InChI=1S/C22H22F5N7O3/c23-21(24)3-1-12(2-4-21)17(18-13(19(28)35)10-37-32-18)14-8-34-16(30-14)5-11(6-29-34)7-33-9-15(22(25,26)27)31-20(33)36/h5-6,8,10,12,15,17H,1-4,7,9H2,(H2,28,35)(H,31,36)/t15-,17-/m0/s1. The first-order chi connectivity index (χ1) is 17.4. The van der Waals surface area contributed by atoms with Crippen molar-refractivity contribution in [1.29, 1.82) is 0 Å². The zero-order valence-electron chi connectivity index (χ0n) is 19.2. The first kappa shape index (κ1) is 24.9. The lowest BCUT2D eigenvalue weighted by molar-refractivity contribution is -0.149. The number of carbonyl (C=O) groups excluding carboxylic acids is 2. The molecule has 4 heterocycles. The summed E-state index contributed by atoms with van der Waals surface area (Å²) in [6.45, 7) is -0.663. The number of amides is 3. The van der Waals surface area contributed by atoms with Crippen LogP contribution in [0.1, 0.15) is 58.9 Å². The van der Waals surface area contributed by atoms with Gasteiger partial charge >= 0.3 is 12.2 Å². The number of nitrogens with zero attached hydrogens (tertiary/aromatic N) is 5. The molecule has 5 rings (SSSR count). The van der Waals surface area contributed by atoms with Gasteiger partial charge in [-0.25, -0.2) is 23.1 Å². The van der Waals surface area contributed by atoms with E-state index < -0.39 is 42.5 Å². The molecule has 3 aromatic rings. The number of alkyl halides is 5. The van der Waals surface area contributed by atoms with Crippen molar-refractivity contribution in [3.8, 4) is 0 Å². The van der Waals surface area contributed by atoms with Gasteiger partial charge in [0.05, 0.1) is 30.6 Å². The Morgan fingerprint density at radius 3 is 2.68 bits per heavy atom. The van der Waals surface area contributed by atoms with Crippen LogP contribution < -0.4 is 11.1 Å². The molecule has 0 radical (unpaired) electrons. The third kappa shape index (κ3) is 4.93. The van der Waals surface area contributed by atoms with Crippen LogP contribution in [-0.4, -0.2) is 61.3 Å². The summed E-state index contributed by atoms with van der Waals surface area (Å²) in [7, 11) is 0. The number of nitrogens with two attached hydrogens (primary N) is 1. The molecule has 2 aliphatic rings. The highest BCUT2D eigenvalue weighted by Gasteiger charge is 2.47. The molecule has 0 aromatic carbocycles. The number of rotatable bonds is 6. The second-order valence-electron chi connectivity index (χ2n) is 9.41. The van der Waals surface area contributed by atoms with Crippen LogP contribution in [0.2, 0.25) is 0 Å². The van der Waals surface area contributed by atoms with Crippen LogP contribution in [0.4, 0.5) is 26.7 Å². The molecule has 37 heavy (non-hydrogen) atoms. The fraction of sp³-hybridized carbons (Fsp3) is 0.500. The lowest BCUT2D eigenvalue weighted by atomic mass is 9.75. The molecule has 0 unspecified atom stereocenters. The Kier molecular flexibility index (Phi) is 6.02. The molecule has 3 amide bonds. The maximum absolute atomic E-state index is 13.9. The molecule has 10 nitrogen and oxygen atoms in total. The van der Waals surface area contributed by atoms with Crippen molar-refractivity contribution in [1.82, 2.24) is 30.0 Å². The lowest BCUT2D eigenvalue weighted by Crippen LogP contribution is -2.40.